The molecule has 0 saturated heterocycles. The van der Waals surface area contributed by atoms with E-state index in [-0.39, 0.29) is 9.92 Å². The monoisotopic (exact) mass is 292 g/mol. The van der Waals surface area contributed by atoms with Crippen LogP contribution < -0.4 is 4.72 Å². The highest BCUT2D eigenvalue weighted by Gasteiger charge is 2.20. The van der Waals surface area contributed by atoms with E-state index in [1.54, 1.807) is 0 Å². The summed E-state index contributed by atoms with van der Waals surface area (Å²) in [4.78, 5) is 4.06. The van der Waals surface area contributed by atoms with Crippen molar-refractivity contribution in [2.75, 3.05) is 6.54 Å². The molecule has 0 unspecified atom stereocenters. The van der Waals surface area contributed by atoms with E-state index in [9.17, 15) is 8.42 Å². The Hall–Kier alpha value is -0.780. The number of nitrogens with one attached hydrogen (secondary N) is 1. The van der Waals surface area contributed by atoms with Crippen LogP contribution in [0.25, 0.3) is 0 Å². The zero-order valence-electron chi connectivity index (χ0n) is 8.78. The van der Waals surface area contributed by atoms with Crippen molar-refractivity contribution in [2.24, 2.45) is 4.99 Å². The zero-order chi connectivity index (χ0) is 12.5. The van der Waals surface area contributed by atoms with Crippen LogP contribution in [0.1, 0.15) is 12.8 Å². The van der Waals surface area contributed by atoms with Crippen LogP contribution in [-0.4, -0.2) is 20.8 Å². The number of amidine groups is 1. The molecule has 17 heavy (non-hydrogen) atoms. The number of benzene rings is 1. The van der Waals surface area contributed by atoms with Crippen LogP contribution in [0.5, 0.6) is 0 Å². The highest BCUT2D eigenvalue weighted by molar-refractivity contribution is 7.90. The van der Waals surface area contributed by atoms with Gasteiger partial charge in [-0.3, -0.25) is 9.71 Å². The van der Waals surface area contributed by atoms with E-state index in [0.717, 1.165) is 6.42 Å². The maximum atomic E-state index is 12.0. The Labute approximate surface area is 110 Å². The summed E-state index contributed by atoms with van der Waals surface area (Å²) in [6, 6.07) is 4.26. The Kier molecular flexibility index (Phi) is 3.61. The maximum Gasteiger partial charge on any atom is 0.264 e. The first-order valence-electron chi connectivity index (χ1n) is 5.00. The van der Waals surface area contributed by atoms with E-state index in [4.69, 9.17) is 23.2 Å². The van der Waals surface area contributed by atoms with Crippen LogP contribution in [0.3, 0.4) is 0 Å². The lowest BCUT2D eigenvalue weighted by molar-refractivity contribution is 0.592. The molecular weight excluding hydrogens is 283 g/mol. The van der Waals surface area contributed by atoms with Gasteiger partial charge in [0.05, 0.1) is 5.02 Å². The van der Waals surface area contributed by atoms with Crippen molar-refractivity contribution in [1.82, 2.24) is 4.72 Å². The standard InChI is InChI=1S/C10H10Cl2N2O2S/c11-7-3-4-9(8(12)6-7)17(15,16)14-10-2-1-5-13-10/h3-4,6H,1-2,5H2,(H,13,14). The summed E-state index contributed by atoms with van der Waals surface area (Å²) in [5.74, 6) is 0.482. The first-order chi connectivity index (χ1) is 7.99. The van der Waals surface area contributed by atoms with Gasteiger partial charge in [-0.15, -0.1) is 0 Å². The van der Waals surface area contributed by atoms with Crippen molar-refractivity contribution in [3.05, 3.63) is 28.2 Å². The van der Waals surface area contributed by atoms with Gasteiger partial charge in [-0.1, -0.05) is 23.2 Å². The van der Waals surface area contributed by atoms with Gasteiger partial charge in [0.1, 0.15) is 10.7 Å². The highest BCUT2D eigenvalue weighted by atomic mass is 35.5. The highest BCUT2D eigenvalue weighted by Crippen LogP contribution is 2.25. The quantitative estimate of drug-likeness (QED) is 0.910. The van der Waals surface area contributed by atoms with Gasteiger partial charge < -0.3 is 0 Å². The Balaban J connectivity index is 2.31. The SMILES string of the molecule is O=S(=O)(NC1=NCCC1)c1ccc(Cl)cc1Cl. The predicted octanol–water partition coefficient (Wildman–Crippen LogP) is 2.46. The van der Waals surface area contributed by atoms with Gasteiger partial charge in [-0.2, -0.15) is 0 Å². The molecule has 4 nitrogen and oxygen atoms in total. The molecule has 0 amide bonds. The normalized spacial score (nSPS) is 15.8. The molecule has 0 bridgehead atoms. The van der Waals surface area contributed by atoms with E-state index >= 15 is 0 Å². The Morgan fingerprint density at radius 3 is 2.65 bits per heavy atom. The second kappa shape index (κ2) is 4.84. The minimum atomic E-state index is -3.66. The summed E-state index contributed by atoms with van der Waals surface area (Å²) in [5, 5.41) is 0.496. The molecule has 0 aliphatic carbocycles. The van der Waals surface area contributed by atoms with Crippen molar-refractivity contribution < 1.29 is 8.42 Å². The number of halogens is 2. The van der Waals surface area contributed by atoms with E-state index < -0.39 is 10.0 Å². The molecule has 7 heteroatoms. The van der Waals surface area contributed by atoms with E-state index in [1.165, 1.54) is 18.2 Å². The average molecular weight is 293 g/mol. The number of rotatable bonds is 2. The molecule has 1 aliphatic rings. The van der Waals surface area contributed by atoms with Gasteiger partial charge in [0.25, 0.3) is 10.0 Å². The molecule has 0 saturated carbocycles. The van der Waals surface area contributed by atoms with Gasteiger partial charge in [-0.05, 0) is 24.6 Å². The summed E-state index contributed by atoms with van der Waals surface area (Å²) in [5.41, 5.74) is 0. The molecule has 0 atom stereocenters. The summed E-state index contributed by atoms with van der Waals surface area (Å²) < 4.78 is 26.4. The summed E-state index contributed by atoms with van der Waals surface area (Å²) in [7, 11) is -3.66. The first-order valence-corrected chi connectivity index (χ1v) is 7.24. The van der Waals surface area contributed by atoms with Crippen molar-refractivity contribution in [3.8, 4) is 0 Å². The van der Waals surface area contributed by atoms with Crippen molar-refractivity contribution in [2.45, 2.75) is 17.7 Å². The minimum Gasteiger partial charge on any atom is -0.272 e. The van der Waals surface area contributed by atoms with Gasteiger partial charge in [-0.25, -0.2) is 8.42 Å². The number of nitrogens with zero attached hydrogens (tertiary/aromatic N) is 1. The third-order valence-electron chi connectivity index (χ3n) is 2.31. The third kappa shape index (κ3) is 2.91. The summed E-state index contributed by atoms with van der Waals surface area (Å²) in [6.07, 6.45) is 1.51. The molecule has 0 spiro atoms. The van der Waals surface area contributed by atoms with E-state index in [1.807, 2.05) is 0 Å². The van der Waals surface area contributed by atoms with Crippen molar-refractivity contribution >= 4 is 39.1 Å². The molecule has 1 heterocycles. The smallest absolute Gasteiger partial charge is 0.264 e. The van der Waals surface area contributed by atoms with Crippen LogP contribution in [0.4, 0.5) is 0 Å². The lowest BCUT2D eigenvalue weighted by Crippen LogP contribution is -2.29. The summed E-state index contributed by atoms with van der Waals surface area (Å²) in [6.45, 7) is 0.659. The van der Waals surface area contributed by atoms with Crippen LogP contribution in [0, 0.1) is 0 Å². The van der Waals surface area contributed by atoms with E-state index in [0.29, 0.717) is 23.8 Å². The van der Waals surface area contributed by atoms with Crippen LogP contribution >= 0.6 is 23.2 Å². The molecule has 1 aliphatic heterocycles. The van der Waals surface area contributed by atoms with Gasteiger partial charge in [0.15, 0.2) is 0 Å². The number of hydrogen-bond donors (Lipinski definition) is 1. The second-order valence-corrected chi connectivity index (χ2v) is 6.11. The minimum absolute atomic E-state index is 0.0122. The van der Waals surface area contributed by atoms with E-state index in [2.05, 4.69) is 9.71 Å². The number of aliphatic imine (C=N–C) groups is 1. The predicted molar refractivity (Wildman–Crippen MR) is 68.3 cm³/mol. The van der Waals surface area contributed by atoms with Crippen LogP contribution in [0.15, 0.2) is 28.1 Å². The Morgan fingerprint density at radius 1 is 1.29 bits per heavy atom. The lowest BCUT2D eigenvalue weighted by atomic mass is 10.3. The van der Waals surface area contributed by atoms with Gasteiger partial charge in [0, 0.05) is 18.0 Å². The maximum absolute atomic E-state index is 12.0. The number of hydrogen-bond acceptors (Lipinski definition) is 3. The molecule has 0 aromatic heterocycles. The van der Waals surface area contributed by atoms with Crippen LogP contribution in [0.2, 0.25) is 10.0 Å². The fraction of sp³-hybridized carbons (Fsp3) is 0.300. The van der Waals surface area contributed by atoms with Crippen molar-refractivity contribution in [3.63, 3.8) is 0 Å². The topological polar surface area (TPSA) is 58.5 Å². The molecular formula is C10H10Cl2N2O2S. The summed E-state index contributed by atoms with van der Waals surface area (Å²) >= 11 is 11.6. The third-order valence-corrected chi connectivity index (χ3v) is 4.41. The number of sulfonamides is 1. The molecule has 1 aromatic rings. The lowest BCUT2D eigenvalue weighted by Gasteiger charge is -2.09. The molecule has 0 fully saturated rings. The van der Waals surface area contributed by atoms with Gasteiger partial charge in [0.2, 0.25) is 0 Å². The Bertz CT molecular complexity index is 570. The van der Waals surface area contributed by atoms with Gasteiger partial charge >= 0.3 is 0 Å². The van der Waals surface area contributed by atoms with Crippen LogP contribution in [-0.2, 0) is 10.0 Å². The molecule has 92 valence electrons. The first kappa shape index (κ1) is 12.7. The Morgan fingerprint density at radius 2 is 2.06 bits per heavy atom. The molecule has 1 aromatic carbocycles. The molecule has 2 rings (SSSR count). The molecule has 0 radical (unpaired) electrons. The zero-order valence-corrected chi connectivity index (χ0v) is 11.1. The fourth-order valence-corrected chi connectivity index (χ4v) is 3.39. The largest absolute Gasteiger partial charge is 0.272 e. The average Bonchev–Trinajstić information content (AvgIpc) is 2.68. The second-order valence-electron chi connectivity index (χ2n) is 3.61. The fourth-order valence-electron chi connectivity index (χ4n) is 1.53. The van der Waals surface area contributed by atoms with Crippen molar-refractivity contribution in [1.29, 1.82) is 0 Å². The molecule has 1 N–H and O–H groups in total.